The van der Waals surface area contributed by atoms with Crippen LogP contribution >= 0.6 is 0 Å². The van der Waals surface area contributed by atoms with E-state index in [1.165, 1.54) is 16.8 Å². The van der Waals surface area contributed by atoms with Crippen molar-refractivity contribution in [1.82, 2.24) is 14.7 Å². The van der Waals surface area contributed by atoms with Gasteiger partial charge in [-0.1, -0.05) is 18.2 Å². The van der Waals surface area contributed by atoms with Gasteiger partial charge in [-0.05, 0) is 31.0 Å². The molecule has 24 heavy (non-hydrogen) atoms. The maximum absolute atomic E-state index is 12.8. The number of nitrogens with zero attached hydrogens (tertiary/aromatic N) is 3. The van der Waals surface area contributed by atoms with Gasteiger partial charge < -0.3 is 9.64 Å². The monoisotopic (exact) mass is 325 g/mol. The topological polar surface area (TPSA) is 64.4 Å². The largest absolute Gasteiger partial charge is 0.381 e. The van der Waals surface area contributed by atoms with E-state index < -0.39 is 0 Å². The minimum atomic E-state index is -0.250. The first-order valence-electron chi connectivity index (χ1n) is 8.20. The summed E-state index contributed by atoms with van der Waals surface area (Å²) in [5.74, 6) is -0.122. The summed E-state index contributed by atoms with van der Waals surface area (Å²) in [4.78, 5) is 26.7. The van der Waals surface area contributed by atoms with Crippen molar-refractivity contribution in [2.24, 2.45) is 5.41 Å². The van der Waals surface area contributed by atoms with Crippen molar-refractivity contribution in [1.29, 1.82) is 0 Å². The lowest BCUT2D eigenvalue weighted by atomic mass is 9.87. The van der Waals surface area contributed by atoms with E-state index >= 15 is 0 Å². The molecule has 4 rings (SSSR count). The maximum Gasteiger partial charge on any atom is 0.274 e. The van der Waals surface area contributed by atoms with Crippen molar-refractivity contribution in [2.45, 2.75) is 12.8 Å². The molecule has 2 aliphatic rings. The average molecular weight is 325 g/mol. The van der Waals surface area contributed by atoms with Crippen LogP contribution < -0.4 is 5.56 Å². The van der Waals surface area contributed by atoms with E-state index in [1.54, 1.807) is 12.1 Å². The van der Waals surface area contributed by atoms with Gasteiger partial charge >= 0.3 is 0 Å². The average Bonchev–Trinajstić information content (AvgIpc) is 3.26. The van der Waals surface area contributed by atoms with Crippen LogP contribution in [0, 0.1) is 5.41 Å². The molecule has 1 spiro atoms. The number of hydrogen-bond donors (Lipinski definition) is 0. The van der Waals surface area contributed by atoms with E-state index in [-0.39, 0.29) is 16.9 Å². The van der Waals surface area contributed by atoms with Crippen molar-refractivity contribution >= 4 is 5.91 Å². The second-order valence-electron chi connectivity index (χ2n) is 6.58. The standard InChI is InChI=1S/C18H19N3O3/c22-16-7-6-15(19-21(16)14-4-2-1-3-5-14)17(23)20-10-8-18(12-20)9-11-24-13-18/h1-7H,8-13H2. The van der Waals surface area contributed by atoms with Crippen molar-refractivity contribution in [2.75, 3.05) is 26.3 Å². The van der Waals surface area contributed by atoms with Crippen LogP contribution in [0.5, 0.6) is 0 Å². The highest BCUT2D eigenvalue weighted by molar-refractivity contribution is 5.92. The number of amides is 1. The number of carbonyl (C=O) groups is 1. The van der Waals surface area contributed by atoms with Crippen molar-refractivity contribution < 1.29 is 9.53 Å². The minimum Gasteiger partial charge on any atom is -0.381 e. The molecule has 0 saturated carbocycles. The molecule has 1 unspecified atom stereocenters. The van der Waals surface area contributed by atoms with Gasteiger partial charge in [0.05, 0.1) is 12.3 Å². The van der Waals surface area contributed by atoms with Crippen LogP contribution in [0.1, 0.15) is 23.3 Å². The van der Waals surface area contributed by atoms with Crippen LogP contribution in [-0.2, 0) is 4.74 Å². The minimum absolute atomic E-state index is 0.115. The quantitative estimate of drug-likeness (QED) is 0.839. The molecule has 2 saturated heterocycles. The first-order chi connectivity index (χ1) is 11.7. The first-order valence-corrected chi connectivity index (χ1v) is 8.20. The van der Waals surface area contributed by atoms with Gasteiger partial charge in [0.15, 0.2) is 0 Å². The fourth-order valence-corrected chi connectivity index (χ4v) is 3.52. The van der Waals surface area contributed by atoms with Gasteiger partial charge in [0.25, 0.3) is 11.5 Å². The predicted molar refractivity (Wildman–Crippen MR) is 88.2 cm³/mol. The number of benzene rings is 1. The van der Waals surface area contributed by atoms with Crippen LogP contribution in [-0.4, -0.2) is 46.9 Å². The second-order valence-corrected chi connectivity index (χ2v) is 6.58. The Hall–Kier alpha value is -2.47. The number of aromatic nitrogens is 2. The molecule has 1 atom stereocenters. The molecule has 1 aromatic heterocycles. The molecular formula is C18H19N3O3. The van der Waals surface area contributed by atoms with Crippen molar-refractivity contribution in [3.05, 3.63) is 58.5 Å². The van der Waals surface area contributed by atoms with E-state index in [1.807, 2.05) is 23.1 Å². The highest BCUT2D eigenvalue weighted by Gasteiger charge is 2.43. The first kappa shape index (κ1) is 15.1. The van der Waals surface area contributed by atoms with Gasteiger partial charge in [0, 0.05) is 31.2 Å². The fourth-order valence-electron chi connectivity index (χ4n) is 3.52. The summed E-state index contributed by atoms with van der Waals surface area (Å²) >= 11 is 0. The lowest BCUT2D eigenvalue weighted by molar-refractivity contribution is 0.0758. The van der Waals surface area contributed by atoms with Crippen LogP contribution in [0.15, 0.2) is 47.3 Å². The normalized spacial score (nSPS) is 23.1. The third kappa shape index (κ3) is 2.63. The summed E-state index contributed by atoms with van der Waals surface area (Å²) in [5, 5.41) is 4.28. The Morgan fingerprint density at radius 3 is 2.71 bits per heavy atom. The molecule has 2 fully saturated rings. The van der Waals surface area contributed by atoms with Gasteiger partial charge in [-0.15, -0.1) is 0 Å². The van der Waals surface area contributed by atoms with Crippen LogP contribution in [0.3, 0.4) is 0 Å². The second kappa shape index (κ2) is 5.87. The van der Waals surface area contributed by atoms with Crippen LogP contribution in [0.4, 0.5) is 0 Å². The molecular weight excluding hydrogens is 306 g/mol. The molecule has 3 heterocycles. The number of hydrogen-bond acceptors (Lipinski definition) is 4. The zero-order valence-corrected chi connectivity index (χ0v) is 13.4. The molecule has 6 nitrogen and oxygen atoms in total. The highest BCUT2D eigenvalue weighted by Crippen LogP contribution is 2.38. The molecule has 2 aromatic rings. The fraction of sp³-hybridized carbons (Fsp3) is 0.389. The van der Waals surface area contributed by atoms with Gasteiger partial charge in [-0.3, -0.25) is 9.59 Å². The molecule has 1 amide bonds. The molecule has 2 aliphatic heterocycles. The molecule has 0 radical (unpaired) electrons. The molecule has 0 aliphatic carbocycles. The predicted octanol–water partition coefficient (Wildman–Crippen LogP) is 1.49. The zero-order chi connectivity index (χ0) is 16.6. The van der Waals surface area contributed by atoms with Gasteiger partial charge in [0.2, 0.25) is 0 Å². The van der Waals surface area contributed by atoms with E-state index in [9.17, 15) is 9.59 Å². The van der Waals surface area contributed by atoms with Gasteiger partial charge in [0.1, 0.15) is 5.69 Å². The number of rotatable bonds is 2. The maximum atomic E-state index is 12.8. The molecule has 124 valence electrons. The molecule has 6 heteroatoms. The SMILES string of the molecule is O=C(c1ccc(=O)n(-c2ccccc2)n1)N1CCC2(CCOC2)C1. The molecule has 1 aromatic carbocycles. The third-order valence-electron chi connectivity index (χ3n) is 4.93. The Bertz CT molecular complexity index is 810. The van der Waals surface area contributed by atoms with Gasteiger partial charge in [-0.2, -0.15) is 9.78 Å². The lowest BCUT2D eigenvalue weighted by Crippen LogP contribution is -2.34. The molecule has 0 N–H and O–H groups in total. The zero-order valence-electron chi connectivity index (χ0n) is 13.4. The number of carbonyl (C=O) groups excluding carboxylic acids is 1. The van der Waals surface area contributed by atoms with E-state index in [0.717, 1.165) is 26.1 Å². The van der Waals surface area contributed by atoms with Crippen LogP contribution in [0.2, 0.25) is 0 Å². The number of likely N-dealkylation sites (tertiary alicyclic amines) is 1. The Kier molecular flexibility index (Phi) is 3.69. The summed E-state index contributed by atoms with van der Waals surface area (Å²) in [6, 6.07) is 12.0. The Morgan fingerprint density at radius 1 is 1.12 bits per heavy atom. The smallest absolute Gasteiger partial charge is 0.274 e. The third-order valence-corrected chi connectivity index (χ3v) is 4.93. The number of ether oxygens (including phenoxy) is 1. The van der Waals surface area contributed by atoms with E-state index in [0.29, 0.717) is 24.5 Å². The van der Waals surface area contributed by atoms with E-state index in [2.05, 4.69) is 5.10 Å². The summed E-state index contributed by atoms with van der Waals surface area (Å²) in [5.41, 5.74) is 0.817. The Morgan fingerprint density at radius 2 is 1.96 bits per heavy atom. The number of para-hydroxylation sites is 1. The Balaban J connectivity index is 1.61. The summed E-state index contributed by atoms with van der Waals surface area (Å²) in [7, 11) is 0. The summed E-state index contributed by atoms with van der Waals surface area (Å²) in [6.45, 7) is 2.93. The Labute approximate surface area is 139 Å². The van der Waals surface area contributed by atoms with E-state index in [4.69, 9.17) is 4.74 Å². The van der Waals surface area contributed by atoms with Crippen molar-refractivity contribution in [3.63, 3.8) is 0 Å². The molecule has 0 bridgehead atoms. The lowest BCUT2D eigenvalue weighted by Gasteiger charge is -2.21. The van der Waals surface area contributed by atoms with Crippen LogP contribution in [0.25, 0.3) is 5.69 Å². The summed E-state index contributed by atoms with van der Waals surface area (Å²) < 4.78 is 6.79. The van der Waals surface area contributed by atoms with Gasteiger partial charge in [-0.25, -0.2) is 0 Å². The summed E-state index contributed by atoms with van der Waals surface area (Å²) in [6.07, 6.45) is 1.98. The van der Waals surface area contributed by atoms with Crippen molar-refractivity contribution in [3.8, 4) is 5.69 Å². The highest BCUT2D eigenvalue weighted by atomic mass is 16.5.